The molecule has 1 aromatic heterocycles. The first kappa shape index (κ1) is 18.4. The quantitative estimate of drug-likeness (QED) is 0.551. The van der Waals surface area contributed by atoms with E-state index in [1.165, 1.54) is 0 Å². The van der Waals surface area contributed by atoms with Crippen molar-refractivity contribution in [3.8, 4) is 11.4 Å². The van der Waals surface area contributed by atoms with Gasteiger partial charge in [-0.25, -0.2) is 22.5 Å². The summed E-state index contributed by atoms with van der Waals surface area (Å²) in [7, 11) is 0. The van der Waals surface area contributed by atoms with E-state index in [4.69, 9.17) is 0 Å². The third-order valence-electron chi connectivity index (χ3n) is 4.78. The molecule has 1 aliphatic heterocycles. The average Bonchev–Trinajstić information content (AvgIpc) is 2.70. The molecule has 28 heavy (non-hydrogen) atoms. The third kappa shape index (κ3) is 3.31. The number of aromatic nitrogens is 2. The Labute approximate surface area is 157 Å². The van der Waals surface area contributed by atoms with Crippen molar-refractivity contribution < 1.29 is 17.6 Å². The van der Waals surface area contributed by atoms with E-state index < -0.39 is 28.8 Å². The van der Waals surface area contributed by atoms with Gasteiger partial charge in [0.15, 0.2) is 23.3 Å². The smallest absolute Gasteiger partial charge is 0.254 e. The van der Waals surface area contributed by atoms with Crippen LogP contribution < -0.4 is 5.56 Å². The molecule has 2 aromatic carbocycles. The summed E-state index contributed by atoms with van der Waals surface area (Å²) in [5.74, 6) is -5.30. The Morgan fingerprint density at radius 2 is 1.71 bits per heavy atom. The van der Waals surface area contributed by atoms with Crippen LogP contribution in [0.1, 0.15) is 16.8 Å². The van der Waals surface area contributed by atoms with Gasteiger partial charge in [0.2, 0.25) is 0 Å². The Balaban J connectivity index is 1.65. The summed E-state index contributed by atoms with van der Waals surface area (Å²) < 4.78 is 54.8. The van der Waals surface area contributed by atoms with E-state index in [2.05, 4.69) is 9.97 Å². The Kier molecular flexibility index (Phi) is 4.72. The SMILES string of the molecule is O=c1[nH]c(-c2ccccc2)nc2c1CCN(Cc1c(F)c(F)cc(F)c1F)C2. The number of benzene rings is 2. The fourth-order valence-electron chi connectivity index (χ4n) is 3.35. The van der Waals surface area contributed by atoms with E-state index in [0.29, 0.717) is 30.0 Å². The van der Waals surface area contributed by atoms with Crippen molar-refractivity contribution in [3.05, 3.63) is 86.8 Å². The fourth-order valence-corrected chi connectivity index (χ4v) is 3.35. The number of aromatic amines is 1. The second kappa shape index (κ2) is 7.20. The van der Waals surface area contributed by atoms with Gasteiger partial charge < -0.3 is 4.98 Å². The molecule has 2 heterocycles. The van der Waals surface area contributed by atoms with E-state index in [-0.39, 0.29) is 24.7 Å². The maximum Gasteiger partial charge on any atom is 0.254 e. The van der Waals surface area contributed by atoms with Gasteiger partial charge in [-0.3, -0.25) is 9.69 Å². The van der Waals surface area contributed by atoms with Crippen LogP contribution in [0.25, 0.3) is 11.4 Å². The molecule has 0 fully saturated rings. The van der Waals surface area contributed by atoms with Crippen molar-refractivity contribution in [2.75, 3.05) is 6.54 Å². The van der Waals surface area contributed by atoms with E-state index in [1.54, 1.807) is 17.0 Å². The first-order valence-electron chi connectivity index (χ1n) is 8.65. The van der Waals surface area contributed by atoms with Gasteiger partial charge in [-0.15, -0.1) is 0 Å². The van der Waals surface area contributed by atoms with Crippen LogP contribution in [0.4, 0.5) is 17.6 Å². The second-order valence-electron chi connectivity index (χ2n) is 6.61. The van der Waals surface area contributed by atoms with Gasteiger partial charge in [0.25, 0.3) is 5.56 Å². The number of hydrogen-bond donors (Lipinski definition) is 1. The van der Waals surface area contributed by atoms with Gasteiger partial charge in [0, 0.05) is 42.4 Å². The minimum Gasteiger partial charge on any atom is -0.306 e. The van der Waals surface area contributed by atoms with Crippen molar-refractivity contribution in [3.63, 3.8) is 0 Å². The molecule has 3 aromatic rings. The summed E-state index contributed by atoms with van der Waals surface area (Å²) in [6.07, 6.45) is 0.313. The molecule has 0 radical (unpaired) electrons. The van der Waals surface area contributed by atoms with Gasteiger partial charge in [0.05, 0.1) is 5.69 Å². The Bertz CT molecular complexity index is 1070. The van der Waals surface area contributed by atoms with Crippen molar-refractivity contribution in [1.29, 1.82) is 0 Å². The first-order valence-corrected chi connectivity index (χ1v) is 8.65. The molecule has 0 bridgehead atoms. The molecule has 0 unspecified atom stereocenters. The lowest BCUT2D eigenvalue weighted by molar-refractivity contribution is 0.231. The highest BCUT2D eigenvalue weighted by Gasteiger charge is 2.25. The Hall–Kier alpha value is -3.00. The molecule has 4 nitrogen and oxygen atoms in total. The molecule has 0 amide bonds. The van der Waals surface area contributed by atoms with Gasteiger partial charge in [-0.1, -0.05) is 30.3 Å². The third-order valence-corrected chi connectivity index (χ3v) is 4.78. The maximum absolute atomic E-state index is 14.0. The summed E-state index contributed by atoms with van der Waals surface area (Å²) >= 11 is 0. The average molecular weight is 389 g/mol. The number of rotatable bonds is 3. The summed E-state index contributed by atoms with van der Waals surface area (Å²) in [6, 6.07) is 9.24. The first-order chi connectivity index (χ1) is 13.4. The zero-order valence-electron chi connectivity index (χ0n) is 14.6. The topological polar surface area (TPSA) is 49.0 Å². The van der Waals surface area contributed by atoms with Gasteiger partial charge in [-0.2, -0.15) is 0 Å². The van der Waals surface area contributed by atoms with Gasteiger partial charge in [-0.05, 0) is 6.42 Å². The summed E-state index contributed by atoms with van der Waals surface area (Å²) in [4.78, 5) is 21.2. The van der Waals surface area contributed by atoms with Crippen molar-refractivity contribution in [1.82, 2.24) is 14.9 Å². The highest BCUT2D eigenvalue weighted by Crippen LogP contribution is 2.24. The predicted octanol–water partition coefficient (Wildman–Crippen LogP) is 3.55. The van der Waals surface area contributed by atoms with Crippen LogP contribution in [0, 0.1) is 23.3 Å². The maximum atomic E-state index is 14.0. The molecule has 0 saturated carbocycles. The van der Waals surface area contributed by atoms with Crippen LogP contribution >= 0.6 is 0 Å². The van der Waals surface area contributed by atoms with Crippen LogP contribution in [-0.4, -0.2) is 21.4 Å². The zero-order chi connectivity index (χ0) is 19.8. The van der Waals surface area contributed by atoms with E-state index in [9.17, 15) is 22.4 Å². The van der Waals surface area contributed by atoms with Gasteiger partial charge >= 0.3 is 0 Å². The second-order valence-corrected chi connectivity index (χ2v) is 6.61. The zero-order valence-corrected chi connectivity index (χ0v) is 14.6. The van der Waals surface area contributed by atoms with Crippen molar-refractivity contribution in [2.24, 2.45) is 0 Å². The largest absolute Gasteiger partial charge is 0.306 e. The lowest BCUT2D eigenvalue weighted by Gasteiger charge is -2.28. The summed E-state index contributed by atoms with van der Waals surface area (Å²) in [5, 5.41) is 0. The summed E-state index contributed by atoms with van der Waals surface area (Å²) in [6.45, 7) is 0.108. The van der Waals surface area contributed by atoms with E-state index in [0.717, 1.165) is 5.56 Å². The Morgan fingerprint density at radius 3 is 2.39 bits per heavy atom. The van der Waals surface area contributed by atoms with Crippen molar-refractivity contribution >= 4 is 0 Å². The van der Waals surface area contributed by atoms with Crippen LogP contribution in [0.2, 0.25) is 0 Å². The molecule has 0 saturated heterocycles. The molecular weight excluding hydrogens is 374 g/mol. The highest BCUT2D eigenvalue weighted by atomic mass is 19.2. The number of hydrogen-bond acceptors (Lipinski definition) is 3. The molecule has 0 spiro atoms. The molecule has 0 atom stereocenters. The summed E-state index contributed by atoms with van der Waals surface area (Å²) in [5.41, 5.74) is 0.768. The van der Waals surface area contributed by atoms with Gasteiger partial charge in [0.1, 0.15) is 5.82 Å². The fraction of sp³-hybridized carbons (Fsp3) is 0.200. The lowest BCUT2D eigenvalue weighted by atomic mass is 10.0. The predicted molar refractivity (Wildman–Crippen MR) is 94.4 cm³/mol. The number of nitrogens with one attached hydrogen (secondary N) is 1. The molecule has 4 rings (SSSR count). The van der Waals surface area contributed by atoms with Crippen LogP contribution in [-0.2, 0) is 19.5 Å². The lowest BCUT2D eigenvalue weighted by Crippen LogP contribution is -2.35. The molecule has 0 aliphatic carbocycles. The van der Waals surface area contributed by atoms with Crippen LogP contribution in [0.5, 0.6) is 0 Å². The minimum atomic E-state index is -1.44. The molecule has 1 N–H and O–H groups in total. The highest BCUT2D eigenvalue weighted by molar-refractivity contribution is 5.54. The van der Waals surface area contributed by atoms with Crippen LogP contribution in [0.15, 0.2) is 41.2 Å². The number of H-pyrrole nitrogens is 1. The van der Waals surface area contributed by atoms with Crippen LogP contribution in [0.3, 0.4) is 0 Å². The number of halogens is 4. The molecule has 8 heteroatoms. The molecular formula is C20H15F4N3O. The minimum absolute atomic E-state index is 0.135. The molecule has 144 valence electrons. The standard InChI is InChI=1S/C20H15F4N3O/c21-14-8-15(22)18(24)13(17(14)23)9-27-7-6-12-16(10-27)25-19(26-20(12)28)11-4-2-1-3-5-11/h1-5,8H,6-7,9-10H2,(H,25,26,28). The Morgan fingerprint density at radius 1 is 1.04 bits per heavy atom. The van der Waals surface area contributed by atoms with Crippen molar-refractivity contribution in [2.45, 2.75) is 19.5 Å². The molecule has 1 aliphatic rings. The van der Waals surface area contributed by atoms with E-state index >= 15 is 0 Å². The van der Waals surface area contributed by atoms with E-state index in [1.807, 2.05) is 18.2 Å². The monoisotopic (exact) mass is 389 g/mol. The number of fused-ring (bicyclic) bond motifs is 1. The number of nitrogens with zero attached hydrogens (tertiary/aromatic N) is 2. The normalized spacial score (nSPS) is 14.1.